The monoisotopic (exact) mass is 334 g/mol. The molecule has 0 fully saturated rings. The first-order valence-electron chi connectivity index (χ1n) is 8.06. The van der Waals surface area contributed by atoms with Crippen LogP contribution in [0.1, 0.15) is 17.5 Å². The van der Waals surface area contributed by atoms with Gasteiger partial charge in [-0.1, -0.05) is 30.3 Å². The Morgan fingerprint density at radius 2 is 1.88 bits per heavy atom. The van der Waals surface area contributed by atoms with Crippen molar-refractivity contribution in [1.82, 2.24) is 4.90 Å². The number of hydrogen-bond donors (Lipinski definition) is 2. The summed E-state index contributed by atoms with van der Waals surface area (Å²) in [7, 11) is 0. The highest BCUT2D eigenvalue weighted by molar-refractivity contribution is 6.00. The van der Waals surface area contributed by atoms with Gasteiger partial charge in [-0.2, -0.15) is 5.26 Å². The molecule has 0 saturated carbocycles. The maximum atomic E-state index is 12.2. The van der Waals surface area contributed by atoms with E-state index in [1.54, 1.807) is 4.90 Å². The number of para-hydroxylation sites is 1. The van der Waals surface area contributed by atoms with Crippen LogP contribution in [0.5, 0.6) is 0 Å². The first kappa shape index (κ1) is 16.5. The van der Waals surface area contributed by atoms with Crippen molar-refractivity contribution in [1.29, 1.82) is 5.26 Å². The van der Waals surface area contributed by atoms with Gasteiger partial charge < -0.3 is 15.5 Å². The van der Waals surface area contributed by atoms with Crippen LogP contribution in [0.4, 0.5) is 16.2 Å². The molecule has 0 saturated heterocycles. The molecule has 0 radical (unpaired) electrons. The molecular weight excluding hydrogens is 316 g/mol. The average Bonchev–Trinajstić information content (AvgIpc) is 2.62. The number of nitrogens with one attached hydrogen (secondary N) is 2. The topological polar surface area (TPSA) is 85.2 Å². The molecule has 1 aliphatic heterocycles. The second-order valence-electron chi connectivity index (χ2n) is 5.79. The Morgan fingerprint density at radius 3 is 2.64 bits per heavy atom. The number of rotatable bonds is 3. The number of nitrogens with zero attached hydrogens (tertiary/aromatic N) is 2. The predicted molar refractivity (Wildman–Crippen MR) is 94.9 cm³/mol. The molecule has 1 heterocycles. The Labute approximate surface area is 146 Å². The number of carbonyl (C=O) groups is 2. The van der Waals surface area contributed by atoms with Gasteiger partial charge >= 0.3 is 6.03 Å². The molecule has 3 amide bonds. The fourth-order valence-electron chi connectivity index (χ4n) is 2.93. The summed E-state index contributed by atoms with van der Waals surface area (Å²) in [6.07, 6.45) is 0.543. The van der Waals surface area contributed by atoms with Crippen molar-refractivity contribution in [2.45, 2.75) is 19.4 Å². The Morgan fingerprint density at radius 1 is 1.08 bits per heavy atom. The number of fused-ring (bicyclic) bond motifs is 1. The van der Waals surface area contributed by atoms with Crippen molar-refractivity contribution >= 4 is 23.3 Å². The molecule has 0 aliphatic carbocycles. The number of carbonyl (C=O) groups excluding carboxylic acids is 2. The predicted octanol–water partition coefficient (Wildman–Crippen LogP) is 3.13. The molecule has 6 nitrogen and oxygen atoms in total. The van der Waals surface area contributed by atoms with E-state index in [4.69, 9.17) is 5.26 Å². The SMILES string of the molecule is N#CCC(=O)N1CCc2c(cccc2NC(=O)Nc2ccccc2)C1. The van der Waals surface area contributed by atoms with E-state index in [2.05, 4.69) is 10.6 Å². The van der Waals surface area contributed by atoms with Crippen LogP contribution in [0, 0.1) is 11.3 Å². The van der Waals surface area contributed by atoms with Crippen LogP contribution in [-0.2, 0) is 17.8 Å². The summed E-state index contributed by atoms with van der Waals surface area (Å²) in [4.78, 5) is 25.8. The molecule has 0 atom stereocenters. The van der Waals surface area contributed by atoms with Gasteiger partial charge in [0.25, 0.3) is 0 Å². The van der Waals surface area contributed by atoms with Gasteiger partial charge in [0.2, 0.25) is 5.91 Å². The Kier molecular flexibility index (Phi) is 4.95. The number of nitriles is 1. The van der Waals surface area contributed by atoms with Gasteiger partial charge in [-0.25, -0.2) is 4.79 Å². The number of anilines is 2. The van der Waals surface area contributed by atoms with Crippen LogP contribution < -0.4 is 10.6 Å². The van der Waals surface area contributed by atoms with Gasteiger partial charge in [-0.15, -0.1) is 0 Å². The van der Waals surface area contributed by atoms with Gasteiger partial charge in [0.05, 0.1) is 6.07 Å². The van der Waals surface area contributed by atoms with E-state index in [0.717, 1.165) is 22.5 Å². The van der Waals surface area contributed by atoms with Crippen LogP contribution in [0.3, 0.4) is 0 Å². The lowest BCUT2D eigenvalue weighted by Crippen LogP contribution is -2.36. The largest absolute Gasteiger partial charge is 0.337 e. The van der Waals surface area contributed by atoms with Crippen LogP contribution in [0.15, 0.2) is 48.5 Å². The summed E-state index contributed by atoms with van der Waals surface area (Å²) in [6.45, 7) is 1.01. The Bertz CT molecular complexity index is 827. The third-order valence-corrected chi connectivity index (χ3v) is 4.13. The van der Waals surface area contributed by atoms with Crippen molar-refractivity contribution < 1.29 is 9.59 Å². The molecule has 6 heteroatoms. The number of urea groups is 1. The van der Waals surface area contributed by atoms with Gasteiger partial charge in [0.1, 0.15) is 6.42 Å². The standard InChI is InChI=1S/C19H18N4O2/c20-11-9-18(24)23-12-10-16-14(13-23)5-4-8-17(16)22-19(25)21-15-6-2-1-3-7-15/h1-8H,9-10,12-13H2,(H2,21,22,25). The molecule has 2 N–H and O–H groups in total. The zero-order valence-electron chi connectivity index (χ0n) is 13.7. The van der Waals surface area contributed by atoms with Crippen LogP contribution in [0.2, 0.25) is 0 Å². The summed E-state index contributed by atoms with van der Waals surface area (Å²) in [5.74, 6) is -0.159. The van der Waals surface area contributed by atoms with Crippen molar-refractivity contribution in [3.63, 3.8) is 0 Å². The summed E-state index contributed by atoms with van der Waals surface area (Å²) < 4.78 is 0. The number of hydrogen-bond acceptors (Lipinski definition) is 3. The summed E-state index contributed by atoms with van der Waals surface area (Å²) in [5.41, 5.74) is 3.50. The number of amides is 3. The van der Waals surface area contributed by atoms with Crippen molar-refractivity contribution in [2.24, 2.45) is 0 Å². The van der Waals surface area contributed by atoms with Gasteiger partial charge in [0.15, 0.2) is 0 Å². The fourth-order valence-corrected chi connectivity index (χ4v) is 2.93. The second-order valence-corrected chi connectivity index (χ2v) is 5.79. The highest BCUT2D eigenvalue weighted by atomic mass is 16.2. The maximum Gasteiger partial charge on any atom is 0.323 e. The van der Waals surface area contributed by atoms with E-state index in [0.29, 0.717) is 19.5 Å². The molecule has 25 heavy (non-hydrogen) atoms. The van der Waals surface area contributed by atoms with Gasteiger partial charge in [-0.05, 0) is 35.7 Å². The van der Waals surface area contributed by atoms with Crippen LogP contribution >= 0.6 is 0 Å². The fraction of sp³-hybridized carbons (Fsp3) is 0.211. The van der Waals surface area contributed by atoms with E-state index >= 15 is 0 Å². The zero-order valence-corrected chi connectivity index (χ0v) is 13.7. The Hall–Kier alpha value is -3.33. The zero-order chi connectivity index (χ0) is 17.6. The molecule has 2 aromatic rings. The highest BCUT2D eigenvalue weighted by Crippen LogP contribution is 2.26. The third-order valence-electron chi connectivity index (χ3n) is 4.13. The van der Waals surface area contributed by atoms with Crippen LogP contribution in [0.25, 0.3) is 0 Å². The molecule has 0 spiro atoms. The minimum Gasteiger partial charge on any atom is -0.337 e. The molecule has 1 aliphatic rings. The normalized spacial score (nSPS) is 12.7. The lowest BCUT2D eigenvalue weighted by atomic mass is 9.97. The molecule has 0 aromatic heterocycles. The summed E-state index contributed by atoms with van der Waals surface area (Å²) in [6, 6.07) is 16.5. The minimum atomic E-state index is -0.303. The van der Waals surface area contributed by atoms with E-state index in [9.17, 15) is 9.59 Å². The first-order chi connectivity index (χ1) is 12.2. The first-order valence-corrected chi connectivity index (χ1v) is 8.06. The summed E-state index contributed by atoms with van der Waals surface area (Å²) in [5, 5.41) is 14.3. The van der Waals surface area contributed by atoms with Gasteiger partial charge in [-0.3, -0.25) is 4.79 Å². The minimum absolute atomic E-state index is 0.104. The molecule has 2 aromatic carbocycles. The lowest BCUT2D eigenvalue weighted by Gasteiger charge is -2.29. The second kappa shape index (κ2) is 7.49. The smallest absolute Gasteiger partial charge is 0.323 e. The molecule has 126 valence electrons. The van der Waals surface area contributed by atoms with E-state index in [1.165, 1.54) is 0 Å². The molecule has 0 unspecified atom stereocenters. The highest BCUT2D eigenvalue weighted by Gasteiger charge is 2.22. The van der Waals surface area contributed by atoms with Crippen molar-refractivity contribution in [3.8, 4) is 6.07 Å². The maximum absolute atomic E-state index is 12.2. The quantitative estimate of drug-likeness (QED) is 0.904. The lowest BCUT2D eigenvalue weighted by molar-refractivity contribution is -0.131. The van der Waals surface area contributed by atoms with Crippen molar-refractivity contribution in [2.75, 3.05) is 17.2 Å². The van der Waals surface area contributed by atoms with Gasteiger partial charge in [0, 0.05) is 24.5 Å². The molecular formula is C19H18N4O2. The number of benzene rings is 2. The Balaban J connectivity index is 1.71. The third kappa shape index (κ3) is 3.96. The van der Waals surface area contributed by atoms with E-state index in [-0.39, 0.29) is 18.4 Å². The average molecular weight is 334 g/mol. The van der Waals surface area contributed by atoms with Crippen molar-refractivity contribution in [3.05, 3.63) is 59.7 Å². The van der Waals surface area contributed by atoms with E-state index in [1.807, 2.05) is 54.6 Å². The molecule has 3 rings (SSSR count). The summed E-state index contributed by atoms with van der Waals surface area (Å²) >= 11 is 0. The molecule has 0 bridgehead atoms. The van der Waals surface area contributed by atoms with E-state index < -0.39 is 0 Å². The van der Waals surface area contributed by atoms with Crippen LogP contribution in [-0.4, -0.2) is 23.4 Å².